The minimum absolute atomic E-state index is 0.0861. The molecule has 5 nitrogen and oxygen atoms in total. The summed E-state index contributed by atoms with van der Waals surface area (Å²) in [5.74, 6) is 0.673. The van der Waals surface area contributed by atoms with Crippen molar-refractivity contribution in [1.29, 1.82) is 0 Å². The summed E-state index contributed by atoms with van der Waals surface area (Å²) in [6.07, 6.45) is 0. The molecule has 1 atom stereocenters. The highest BCUT2D eigenvalue weighted by Gasteiger charge is 2.33. The minimum atomic E-state index is -0.222. The third-order valence-electron chi connectivity index (χ3n) is 4.49. The number of amides is 1. The number of hydrogen-bond donors (Lipinski definition) is 2. The topological polar surface area (TPSA) is 59.0 Å². The molecule has 0 aliphatic carbocycles. The molecule has 2 aromatic carbocycles. The second-order valence-electron chi connectivity index (χ2n) is 5.99. The number of hydrogen-bond acceptors (Lipinski definition) is 3. The third kappa shape index (κ3) is 2.60. The van der Waals surface area contributed by atoms with Gasteiger partial charge >= 0.3 is 0 Å². The Morgan fingerprint density at radius 2 is 1.92 bits per heavy atom. The van der Waals surface area contributed by atoms with Crippen LogP contribution in [0.15, 0.2) is 59.8 Å². The van der Waals surface area contributed by atoms with Crippen LogP contribution in [0.5, 0.6) is 0 Å². The number of aromatic nitrogens is 2. The Kier molecular flexibility index (Phi) is 3.99. The van der Waals surface area contributed by atoms with Crippen LogP contribution in [0.2, 0.25) is 0 Å². The van der Waals surface area contributed by atoms with Crippen molar-refractivity contribution in [3.8, 4) is 0 Å². The number of para-hydroxylation sites is 2. The van der Waals surface area contributed by atoms with E-state index in [9.17, 15) is 4.79 Å². The lowest BCUT2D eigenvalue weighted by Gasteiger charge is -2.30. The maximum absolute atomic E-state index is 12.7. The molecule has 1 aliphatic heterocycles. The summed E-state index contributed by atoms with van der Waals surface area (Å²) in [6, 6.07) is 16.0. The molecule has 6 heteroatoms. The Morgan fingerprint density at radius 1 is 1.20 bits per heavy atom. The zero-order chi connectivity index (χ0) is 17.6. The van der Waals surface area contributed by atoms with Crippen LogP contribution in [0, 0.1) is 3.57 Å². The molecule has 0 radical (unpaired) electrons. The summed E-state index contributed by atoms with van der Waals surface area (Å²) in [5.41, 5.74) is 4.50. The number of nitrogens with zero attached hydrogens (tertiary/aromatic N) is 2. The van der Waals surface area contributed by atoms with Crippen molar-refractivity contribution in [2.45, 2.75) is 13.0 Å². The fourth-order valence-electron chi connectivity index (χ4n) is 3.35. The van der Waals surface area contributed by atoms with E-state index in [1.807, 2.05) is 31.2 Å². The number of allylic oxidation sites excluding steroid dienone is 1. The second kappa shape index (κ2) is 6.18. The summed E-state index contributed by atoms with van der Waals surface area (Å²) in [4.78, 5) is 17.4. The zero-order valence-electron chi connectivity index (χ0n) is 13.9. The predicted molar refractivity (Wildman–Crippen MR) is 107 cm³/mol. The van der Waals surface area contributed by atoms with E-state index in [1.165, 1.54) is 0 Å². The summed E-state index contributed by atoms with van der Waals surface area (Å²) in [6.45, 7) is 1.92. The van der Waals surface area contributed by atoms with Crippen LogP contribution in [-0.2, 0) is 4.79 Å². The predicted octanol–water partition coefficient (Wildman–Crippen LogP) is 3.68. The Bertz CT molecular complexity index is 1000. The van der Waals surface area contributed by atoms with E-state index in [2.05, 4.69) is 62.1 Å². The van der Waals surface area contributed by atoms with Gasteiger partial charge in [0.2, 0.25) is 5.95 Å². The van der Waals surface area contributed by atoms with Crippen LogP contribution >= 0.6 is 22.6 Å². The number of rotatable bonds is 2. The van der Waals surface area contributed by atoms with Crippen LogP contribution in [0.1, 0.15) is 18.5 Å². The van der Waals surface area contributed by atoms with Crippen LogP contribution in [0.4, 0.5) is 5.95 Å². The number of imidazole rings is 1. The van der Waals surface area contributed by atoms with E-state index in [4.69, 9.17) is 4.98 Å². The molecule has 0 saturated heterocycles. The Balaban J connectivity index is 2.01. The van der Waals surface area contributed by atoms with Gasteiger partial charge in [0.25, 0.3) is 5.91 Å². The van der Waals surface area contributed by atoms with Gasteiger partial charge in [-0.3, -0.25) is 9.36 Å². The second-order valence-corrected chi connectivity index (χ2v) is 7.24. The smallest absolute Gasteiger partial charge is 0.251 e. The summed E-state index contributed by atoms with van der Waals surface area (Å²) in [7, 11) is 1.66. The SMILES string of the molecule is CNC(=O)C1=C(C)Nc2nc3ccccc3n2C1c1ccc(I)cc1. The quantitative estimate of drug-likeness (QED) is 0.594. The number of halogens is 1. The molecule has 2 heterocycles. The van der Waals surface area contributed by atoms with E-state index in [0.29, 0.717) is 5.57 Å². The molecule has 25 heavy (non-hydrogen) atoms. The molecule has 1 unspecified atom stereocenters. The lowest BCUT2D eigenvalue weighted by atomic mass is 9.94. The molecule has 1 aromatic heterocycles. The van der Waals surface area contributed by atoms with Crippen LogP contribution in [0.25, 0.3) is 11.0 Å². The van der Waals surface area contributed by atoms with Crippen molar-refractivity contribution in [2.24, 2.45) is 0 Å². The van der Waals surface area contributed by atoms with Gasteiger partial charge in [-0.25, -0.2) is 4.98 Å². The normalized spacial score (nSPS) is 16.5. The molecule has 0 fully saturated rings. The molecule has 2 N–H and O–H groups in total. The van der Waals surface area contributed by atoms with Crippen molar-refractivity contribution in [3.05, 3.63) is 68.9 Å². The van der Waals surface area contributed by atoms with Gasteiger partial charge in [-0.15, -0.1) is 0 Å². The van der Waals surface area contributed by atoms with Gasteiger partial charge in [0.05, 0.1) is 22.6 Å². The number of carbonyl (C=O) groups is 1. The first kappa shape index (κ1) is 16.1. The van der Waals surface area contributed by atoms with Gasteiger partial charge in [0.15, 0.2) is 0 Å². The van der Waals surface area contributed by atoms with Gasteiger partial charge in [0, 0.05) is 16.3 Å². The van der Waals surface area contributed by atoms with Gasteiger partial charge in [-0.05, 0) is 59.3 Å². The van der Waals surface area contributed by atoms with E-state index in [0.717, 1.165) is 31.8 Å². The Hall–Kier alpha value is -2.35. The lowest BCUT2D eigenvalue weighted by molar-refractivity contribution is -0.117. The Morgan fingerprint density at radius 3 is 2.64 bits per heavy atom. The van der Waals surface area contributed by atoms with Gasteiger partial charge in [0.1, 0.15) is 0 Å². The first-order valence-electron chi connectivity index (χ1n) is 8.02. The molecule has 4 rings (SSSR count). The summed E-state index contributed by atoms with van der Waals surface area (Å²) in [5, 5.41) is 6.07. The molecule has 0 saturated carbocycles. The number of benzene rings is 2. The van der Waals surface area contributed by atoms with Crippen LogP contribution in [0.3, 0.4) is 0 Å². The van der Waals surface area contributed by atoms with Gasteiger partial charge in [-0.1, -0.05) is 24.3 Å². The number of nitrogens with one attached hydrogen (secondary N) is 2. The molecule has 0 spiro atoms. The molecular formula is C19H17IN4O. The average molecular weight is 444 g/mol. The highest BCUT2D eigenvalue weighted by atomic mass is 127. The molecule has 0 bridgehead atoms. The van der Waals surface area contributed by atoms with Crippen molar-refractivity contribution in [2.75, 3.05) is 12.4 Å². The fraction of sp³-hybridized carbons (Fsp3) is 0.158. The van der Waals surface area contributed by atoms with E-state index < -0.39 is 0 Å². The minimum Gasteiger partial charge on any atom is -0.355 e. The molecular weight excluding hydrogens is 427 g/mol. The summed E-state index contributed by atoms with van der Waals surface area (Å²) < 4.78 is 3.27. The van der Waals surface area contributed by atoms with Crippen LogP contribution in [-0.4, -0.2) is 22.5 Å². The van der Waals surface area contributed by atoms with Gasteiger partial charge in [-0.2, -0.15) is 0 Å². The molecule has 126 valence electrons. The van der Waals surface area contributed by atoms with Crippen molar-refractivity contribution >= 4 is 45.5 Å². The first-order chi connectivity index (χ1) is 12.1. The highest BCUT2D eigenvalue weighted by Crippen LogP contribution is 2.39. The zero-order valence-corrected chi connectivity index (χ0v) is 16.0. The lowest BCUT2D eigenvalue weighted by Crippen LogP contribution is -2.33. The van der Waals surface area contributed by atoms with Crippen molar-refractivity contribution in [3.63, 3.8) is 0 Å². The number of carbonyl (C=O) groups excluding carboxylic acids is 1. The highest BCUT2D eigenvalue weighted by molar-refractivity contribution is 14.1. The van der Waals surface area contributed by atoms with E-state index in [-0.39, 0.29) is 11.9 Å². The number of fused-ring (bicyclic) bond motifs is 3. The largest absolute Gasteiger partial charge is 0.355 e. The number of anilines is 1. The average Bonchev–Trinajstić information content (AvgIpc) is 2.98. The van der Waals surface area contributed by atoms with E-state index >= 15 is 0 Å². The van der Waals surface area contributed by atoms with Crippen LogP contribution < -0.4 is 10.6 Å². The molecule has 3 aromatic rings. The first-order valence-corrected chi connectivity index (χ1v) is 9.10. The molecule has 1 amide bonds. The van der Waals surface area contributed by atoms with E-state index in [1.54, 1.807) is 7.05 Å². The monoisotopic (exact) mass is 444 g/mol. The fourth-order valence-corrected chi connectivity index (χ4v) is 3.71. The maximum Gasteiger partial charge on any atom is 0.251 e. The van der Waals surface area contributed by atoms with Crippen molar-refractivity contribution < 1.29 is 4.79 Å². The van der Waals surface area contributed by atoms with Crippen molar-refractivity contribution in [1.82, 2.24) is 14.9 Å². The van der Waals surface area contributed by atoms with Gasteiger partial charge < -0.3 is 10.6 Å². The Labute approximate surface area is 159 Å². The summed E-state index contributed by atoms with van der Waals surface area (Å²) >= 11 is 2.29. The molecule has 1 aliphatic rings. The number of likely N-dealkylation sites (N-methyl/N-ethyl adjacent to an activating group) is 1. The third-order valence-corrected chi connectivity index (χ3v) is 5.21. The standard InChI is InChI=1S/C19H17IN4O/c1-11-16(18(25)21-2)17(12-7-9-13(20)10-8-12)24-15-6-4-3-5-14(15)23-19(24)22-11/h3-10,17H,1-2H3,(H,21,25)(H,22,23). The maximum atomic E-state index is 12.7.